The van der Waals surface area contributed by atoms with Crippen molar-refractivity contribution in [1.82, 2.24) is 5.43 Å². The maximum atomic E-state index is 12.4. The fraction of sp³-hybridized carbons (Fsp3) is 0.241. The van der Waals surface area contributed by atoms with Crippen LogP contribution in [0.2, 0.25) is 0 Å². The lowest BCUT2D eigenvalue weighted by molar-refractivity contribution is -0.136. The first-order valence-corrected chi connectivity index (χ1v) is 12.4. The number of rotatable bonds is 11. The molecule has 0 aromatic heterocycles. The van der Waals surface area contributed by atoms with E-state index in [-0.39, 0.29) is 12.5 Å². The van der Waals surface area contributed by atoms with Crippen LogP contribution in [0.25, 0.3) is 0 Å². The summed E-state index contributed by atoms with van der Waals surface area (Å²) in [7, 11) is 0. The van der Waals surface area contributed by atoms with E-state index in [1.165, 1.54) is 6.21 Å². The van der Waals surface area contributed by atoms with Gasteiger partial charge in [0.25, 0.3) is 5.91 Å². The van der Waals surface area contributed by atoms with Crippen molar-refractivity contribution in [1.29, 1.82) is 0 Å². The van der Waals surface area contributed by atoms with Gasteiger partial charge in [0.05, 0.1) is 25.1 Å². The molecule has 0 fully saturated rings. The molecule has 3 aromatic rings. The Morgan fingerprint density at radius 1 is 0.769 bits per heavy atom. The molecule has 204 valence electrons. The molecule has 10 heteroatoms. The van der Waals surface area contributed by atoms with Gasteiger partial charge in [0.15, 0.2) is 18.1 Å². The number of nitrogens with one attached hydrogen (secondary N) is 3. The molecule has 0 aliphatic carbocycles. The number of amides is 3. The molecular weight excluding hydrogens is 500 g/mol. The zero-order valence-corrected chi connectivity index (χ0v) is 22.4. The molecule has 0 saturated carbocycles. The molecule has 0 heterocycles. The molecule has 0 atom stereocenters. The third-order valence-corrected chi connectivity index (χ3v) is 5.15. The van der Waals surface area contributed by atoms with Crippen molar-refractivity contribution >= 4 is 35.3 Å². The number of hydrogen-bond donors (Lipinski definition) is 3. The average Bonchev–Trinajstić information content (AvgIpc) is 2.89. The molecule has 0 unspecified atom stereocenters. The van der Waals surface area contributed by atoms with Crippen molar-refractivity contribution in [3.63, 3.8) is 0 Å². The monoisotopic (exact) mass is 532 g/mol. The third kappa shape index (κ3) is 8.89. The number of carbonyl (C=O) groups is 3. The molecule has 10 nitrogen and oxygen atoms in total. The molecule has 0 radical (unpaired) electrons. The van der Waals surface area contributed by atoms with E-state index in [9.17, 15) is 14.4 Å². The van der Waals surface area contributed by atoms with Gasteiger partial charge in [0, 0.05) is 5.69 Å². The minimum atomic E-state index is -0.947. The lowest BCUT2D eigenvalue weighted by atomic mass is 10.1. The second kappa shape index (κ2) is 14.2. The summed E-state index contributed by atoms with van der Waals surface area (Å²) < 4.78 is 16.8. The first-order valence-electron chi connectivity index (χ1n) is 12.4. The van der Waals surface area contributed by atoms with Gasteiger partial charge in [-0.2, -0.15) is 5.10 Å². The summed E-state index contributed by atoms with van der Waals surface area (Å²) >= 11 is 0. The van der Waals surface area contributed by atoms with Crippen molar-refractivity contribution in [3.8, 4) is 17.2 Å². The molecule has 3 rings (SSSR count). The number of para-hydroxylation sites is 2. The predicted octanol–water partition coefficient (Wildman–Crippen LogP) is 4.21. The van der Waals surface area contributed by atoms with Gasteiger partial charge in [-0.1, -0.05) is 18.2 Å². The van der Waals surface area contributed by atoms with Crippen LogP contribution in [0.3, 0.4) is 0 Å². The van der Waals surface area contributed by atoms with Gasteiger partial charge in [-0.05, 0) is 86.8 Å². The predicted molar refractivity (Wildman–Crippen MR) is 150 cm³/mol. The van der Waals surface area contributed by atoms with E-state index in [0.717, 1.165) is 11.1 Å². The number of carbonyl (C=O) groups excluding carboxylic acids is 3. The minimum Gasteiger partial charge on any atom is -0.492 e. The molecule has 0 bridgehead atoms. The fourth-order valence-corrected chi connectivity index (χ4v) is 3.63. The highest BCUT2D eigenvalue weighted by Crippen LogP contribution is 2.28. The van der Waals surface area contributed by atoms with Crippen LogP contribution in [-0.4, -0.2) is 43.8 Å². The van der Waals surface area contributed by atoms with Crippen LogP contribution in [0.4, 0.5) is 11.4 Å². The van der Waals surface area contributed by atoms with Crippen molar-refractivity contribution in [3.05, 3.63) is 77.4 Å². The zero-order valence-electron chi connectivity index (χ0n) is 22.4. The maximum absolute atomic E-state index is 12.4. The number of hydrogen-bond acceptors (Lipinski definition) is 7. The van der Waals surface area contributed by atoms with Crippen molar-refractivity contribution in [2.45, 2.75) is 27.7 Å². The van der Waals surface area contributed by atoms with Gasteiger partial charge in [0.1, 0.15) is 5.75 Å². The second-order valence-corrected chi connectivity index (χ2v) is 8.43. The van der Waals surface area contributed by atoms with Crippen LogP contribution in [-0.2, 0) is 14.4 Å². The number of aryl methyl sites for hydroxylation is 2. The summed E-state index contributed by atoms with van der Waals surface area (Å²) in [5.41, 5.74) is 5.94. The second-order valence-electron chi connectivity index (χ2n) is 8.43. The average molecular weight is 533 g/mol. The van der Waals surface area contributed by atoms with Crippen molar-refractivity contribution in [2.24, 2.45) is 5.10 Å². The van der Waals surface area contributed by atoms with Gasteiger partial charge in [-0.25, -0.2) is 5.43 Å². The SMILES string of the molecule is CCOc1ccccc1NC(=O)C(=O)N/N=C\c1ccc(OCC(=O)Nc2cc(C)cc(C)c2)c(OCC)c1. The van der Waals surface area contributed by atoms with Crippen LogP contribution in [0, 0.1) is 13.8 Å². The lowest BCUT2D eigenvalue weighted by Crippen LogP contribution is -2.32. The molecular formula is C29H32N4O6. The number of benzene rings is 3. The van der Waals surface area contributed by atoms with Crippen LogP contribution in [0.1, 0.15) is 30.5 Å². The standard InChI is InChI=1S/C29H32N4O6/c1-5-37-24-10-8-7-9-23(24)32-28(35)29(36)33-30-17-21-11-12-25(26(16-21)38-6-2)39-18-27(34)31-22-14-19(3)13-20(4)15-22/h7-17H,5-6,18H2,1-4H3,(H,31,34)(H,32,35)(H,33,36)/b30-17-. The van der Waals surface area contributed by atoms with Gasteiger partial charge >= 0.3 is 11.8 Å². The Morgan fingerprint density at radius 3 is 2.18 bits per heavy atom. The van der Waals surface area contributed by atoms with E-state index in [4.69, 9.17) is 14.2 Å². The molecule has 0 spiro atoms. The molecule has 0 aliphatic rings. The maximum Gasteiger partial charge on any atom is 0.329 e. The number of nitrogens with zero attached hydrogens (tertiary/aromatic N) is 1. The number of ether oxygens (including phenoxy) is 3. The topological polar surface area (TPSA) is 127 Å². The molecule has 3 aromatic carbocycles. The van der Waals surface area contributed by atoms with E-state index < -0.39 is 11.8 Å². The highest BCUT2D eigenvalue weighted by atomic mass is 16.5. The third-order valence-electron chi connectivity index (χ3n) is 5.15. The Bertz CT molecular complexity index is 1340. The van der Waals surface area contributed by atoms with Crippen molar-refractivity contribution in [2.75, 3.05) is 30.5 Å². The van der Waals surface area contributed by atoms with Gasteiger partial charge in [-0.3, -0.25) is 14.4 Å². The van der Waals surface area contributed by atoms with E-state index >= 15 is 0 Å². The molecule has 39 heavy (non-hydrogen) atoms. The lowest BCUT2D eigenvalue weighted by Gasteiger charge is -2.13. The largest absolute Gasteiger partial charge is 0.492 e. The van der Waals surface area contributed by atoms with Crippen LogP contribution < -0.4 is 30.3 Å². The smallest absolute Gasteiger partial charge is 0.329 e. The number of hydrazone groups is 1. The van der Waals surface area contributed by atoms with Gasteiger partial charge in [-0.15, -0.1) is 0 Å². The Labute approximate surface area is 227 Å². The van der Waals surface area contributed by atoms with Crippen molar-refractivity contribution < 1.29 is 28.6 Å². The first kappa shape index (κ1) is 28.7. The molecule has 0 aliphatic heterocycles. The Kier molecular flexibility index (Phi) is 10.4. The zero-order chi connectivity index (χ0) is 28.2. The molecule has 3 amide bonds. The van der Waals surface area contributed by atoms with Gasteiger partial charge < -0.3 is 24.8 Å². The summed E-state index contributed by atoms with van der Waals surface area (Å²) in [5.74, 6) is -0.913. The highest BCUT2D eigenvalue weighted by molar-refractivity contribution is 6.39. The Morgan fingerprint density at radius 2 is 1.46 bits per heavy atom. The Balaban J connectivity index is 1.57. The highest BCUT2D eigenvalue weighted by Gasteiger charge is 2.15. The summed E-state index contributed by atoms with van der Waals surface area (Å²) in [6.07, 6.45) is 1.36. The summed E-state index contributed by atoms with van der Waals surface area (Å²) in [6, 6.07) is 17.5. The van der Waals surface area contributed by atoms with E-state index in [0.29, 0.717) is 47.4 Å². The summed E-state index contributed by atoms with van der Waals surface area (Å²) in [5, 5.41) is 9.18. The normalized spacial score (nSPS) is 10.6. The summed E-state index contributed by atoms with van der Waals surface area (Å²) in [4.78, 5) is 36.8. The molecule has 0 saturated heterocycles. The van der Waals surface area contributed by atoms with Crippen LogP contribution >= 0.6 is 0 Å². The minimum absolute atomic E-state index is 0.210. The summed E-state index contributed by atoms with van der Waals surface area (Å²) in [6.45, 7) is 8.13. The van der Waals surface area contributed by atoms with E-state index in [2.05, 4.69) is 21.2 Å². The fourth-order valence-electron chi connectivity index (χ4n) is 3.63. The first-order chi connectivity index (χ1) is 18.8. The Hall–Kier alpha value is -4.86. The van der Waals surface area contributed by atoms with Crippen LogP contribution in [0.15, 0.2) is 65.8 Å². The number of anilines is 2. The van der Waals surface area contributed by atoms with Gasteiger partial charge in [0.2, 0.25) is 0 Å². The quantitative estimate of drug-likeness (QED) is 0.193. The van der Waals surface area contributed by atoms with Crippen LogP contribution in [0.5, 0.6) is 17.2 Å². The van der Waals surface area contributed by atoms with E-state index in [1.54, 1.807) is 42.5 Å². The van der Waals surface area contributed by atoms with E-state index in [1.807, 2.05) is 45.9 Å². The molecule has 3 N–H and O–H groups in total.